The quantitative estimate of drug-likeness (QED) is 0.464. The monoisotopic (exact) mass is 425 g/mol. The van der Waals surface area contributed by atoms with E-state index in [1.54, 1.807) is 10.6 Å². The van der Waals surface area contributed by atoms with Crippen molar-refractivity contribution in [3.8, 4) is 11.1 Å². The van der Waals surface area contributed by atoms with Crippen LogP contribution in [-0.4, -0.2) is 35.5 Å². The Morgan fingerprint density at radius 1 is 1.00 bits per heavy atom. The van der Waals surface area contributed by atoms with Crippen molar-refractivity contribution in [3.05, 3.63) is 94.5 Å². The Hall–Kier alpha value is -4.33. The van der Waals surface area contributed by atoms with Gasteiger partial charge in [0.25, 0.3) is 5.56 Å². The van der Waals surface area contributed by atoms with Crippen LogP contribution in [0.3, 0.4) is 0 Å². The number of fused-ring (bicyclic) bond motifs is 3. The maximum absolute atomic E-state index is 13.2. The first-order valence-electron chi connectivity index (χ1n) is 10.1. The van der Waals surface area contributed by atoms with Gasteiger partial charge in [0.1, 0.15) is 11.6 Å². The molecule has 0 amide bonds. The molecule has 2 aromatic carbocycles. The van der Waals surface area contributed by atoms with Crippen LogP contribution in [0.1, 0.15) is 17.3 Å². The first-order valence-corrected chi connectivity index (χ1v) is 10.1. The SMILES string of the molecule is Cc1nn2c(nnc3c(=O)n([C@H](Cc4ccccc4)C(=O)O)ccc32)c1-c1ccccc1. The average molecular weight is 425 g/mol. The minimum Gasteiger partial charge on any atom is -0.480 e. The highest BCUT2D eigenvalue weighted by molar-refractivity contribution is 5.84. The highest BCUT2D eigenvalue weighted by Crippen LogP contribution is 2.28. The Kier molecular flexibility index (Phi) is 4.74. The molecule has 1 N–H and O–H groups in total. The molecule has 3 aromatic heterocycles. The summed E-state index contributed by atoms with van der Waals surface area (Å²) in [7, 11) is 0. The van der Waals surface area contributed by atoms with Gasteiger partial charge in [-0.25, -0.2) is 9.31 Å². The summed E-state index contributed by atoms with van der Waals surface area (Å²) in [5, 5.41) is 22.9. The number of carboxylic acid groups (broad SMARTS) is 1. The standard InChI is InChI=1S/C24H19N5O3/c1-15-20(17-10-6-3-7-11-17)22-26-25-21-18(29(22)27-15)12-13-28(23(21)30)19(24(31)32)14-16-8-4-2-5-9-16/h2-13,19H,14H2,1H3,(H,31,32)/t19-/m1/s1. The molecule has 0 bridgehead atoms. The maximum atomic E-state index is 13.2. The molecule has 5 rings (SSSR count). The summed E-state index contributed by atoms with van der Waals surface area (Å²) in [6.07, 6.45) is 1.67. The minimum absolute atomic E-state index is 0.0708. The lowest BCUT2D eigenvalue weighted by Gasteiger charge is -2.16. The van der Waals surface area contributed by atoms with Crippen LogP contribution in [0.4, 0.5) is 0 Å². The van der Waals surface area contributed by atoms with Crippen LogP contribution < -0.4 is 5.56 Å². The summed E-state index contributed by atoms with van der Waals surface area (Å²) >= 11 is 0. The van der Waals surface area contributed by atoms with Crippen LogP contribution in [0.5, 0.6) is 0 Å². The Balaban J connectivity index is 1.67. The van der Waals surface area contributed by atoms with Gasteiger partial charge in [0.05, 0.1) is 11.3 Å². The Morgan fingerprint density at radius 3 is 2.38 bits per heavy atom. The fourth-order valence-electron chi connectivity index (χ4n) is 4.00. The molecule has 0 aliphatic heterocycles. The molecular weight excluding hydrogens is 406 g/mol. The Bertz CT molecular complexity index is 1510. The fourth-order valence-corrected chi connectivity index (χ4v) is 4.00. The summed E-state index contributed by atoms with van der Waals surface area (Å²) in [4.78, 5) is 25.2. The molecule has 5 aromatic rings. The number of hydrogen-bond acceptors (Lipinski definition) is 5. The maximum Gasteiger partial charge on any atom is 0.327 e. The van der Waals surface area contributed by atoms with E-state index in [4.69, 9.17) is 0 Å². The second-order valence-corrected chi connectivity index (χ2v) is 7.57. The van der Waals surface area contributed by atoms with Gasteiger partial charge < -0.3 is 5.11 Å². The average Bonchev–Trinajstić information content (AvgIpc) is 3.15. The van der Waals surface area contributed by atoms with Gasteiger partial charge >= 0.3 is 5.97 Å². The Labute approximate surface area is 182 Å². The van der Waals surface area contributed by atoms with Gasteiger partial charge in [-0.3, -0.25) is 9.36 Å². The van der Waals surface area contributed by atoms with Crippen molar-refractivity contribution in [2.24, 2.45) is 0 Å². The zero-order valence-corrected chi connectivity index (χ0v) is 17.2. The summed E-state index contributed by atoms with van der Waals surface area (Å²) < 4.78 is 2.80. The first kappa shape index (κ1) is 19.6. The third-order valence-corrected chi connectivity index (χ3v) is 5.54. The topological polar surface area (TPSA) is 102 Å². The van der Waals surface area contributed by atoms with Gasteiger partial charge in [0, 0.05) is 12.6 Å². The lowest BCUT2D eigenvalue weighted by molar-refractivity contribution is -0.141. The molecule has 0 spiro atoms. The number of aromatic nitrogens is 5. The number of aliphatic carboxylic acids is 1. The third-order valence-electron chi connectivity index (χ3n) is 5.54. The number of pyridine rings is 1. The van der Waals surface area contributed by atoms with Crippen LogP contribution in [0.2, 0.25) is 0 Å². The van der Waals surface area contributed by atoms with Gasteiger partial charge in [-0.15, -0.1) is 10.2 Å². The van der Waals surface area contributed by atoms with Crippen LogP contribution >= 0.6 is 0 Å². The van der Waals surface area contributed by atoms with E-state index in [2.05, 4.69) is 15.3 Å². The van der Waals surface area contributed by atoms with Gasteiger partial charge in [-0.05, 0) is 24.1 Å². The van der Waals surface area contributed by atoms with E-state index in [0.29, 0.717) is 11.2 Å². The zero-order chi connectivity index (χ0) is 22.2. The van der Waals surface area contributed by atoms with Crippen LogP contribution in [-0.2, 0) is 11.2 Å². The number of nitrogens with zero attached hydrogens (tertiary/aromatic N) is 5. The summed E-state index contributed by atoms with van der Waals surface area (Å²) in [6, 6.07) is 19.5. The normalized spacial score (nSPS) is 12.3. The molecule has 8 heteroatoms. The smallest absolute Gasteiger partial charge is 0.327 e. The van der Waals surface area contributed by atoms with Crippen molar-refractivity contribution in [1.29, 1.82) is 0 Å². The number of carbonyl (C=O) groups is 1. The highest BCUT2D eigenvalue weighted by Gasteiger charge is 2.24. The van der Waals surface area contributed by atoms with Crippen molar-refractivity contribution >= 4 is 22.6 Å². The van der Waals surface area contributed by atoms with E-state index in [1.165, 1.54) is 10.8 Å². The third kappa shape index (κ3) is 3.22. The molecule has 3 heterocycles. The van der Waals surface area contributed by atoms with E-state index in [9.17, 15) is 14.7 Å². The molecule has 0 aliphatic rings. The van der Waals surface area contributed by atoms with Gasteiger partial charge in [-0.2, -0.15) is 5.10 Å². The van der Waals surface area contributed by atoms with Gasteiger partial charge in [0.2, 0.25) is 0 Å². The molecule has 8 nitrogen and oxygen atoms in total. The first-order chi connectivity index (χ1) is 15.5. The molecule has 0 saturated heterocycles. The number of benzene rings is 2. The molecule has 0 radical (unpaired) electrons. The number of hydrogen-bond donors (Lipinski definition) is 1. The zero-order valence-electron chi connectivity index (χ0n) is 17.2. The van der Waals surface area contributed by atoms with Crippen molar-refractivity contribution in [2.45, 2.75) is 19.4 Å². The lowest BCUT2D eigenvalue weighted by atomic mass is 10.1. The van der Waals surface area contributed by atoms with Gasteiger partial charge in [0.15, 0.2) is 11.2 Å². The highest BCUT2D eigenvalue weighted by atomic mass is 16.4. The Morgan fingerprint density at radius 2 is 1.69 bits per heavy atom. The predicted molar refractivity (Wildman–Crippen MR) is 120 cm³/mol. The summed E-state index contributed by atoms with van der Waals surface area (Å²) in [6.45, 7) is 1.88. The molecule has 0 fully saturated rings. The molecule has 0 unspecified atom stereocenters. The van der Waals surface area contributed by atoms with Gasteiger partial charge in [-0.1, -0.05) is 60.7 Å². The molecule has 0 saturated carbocycles. The van der Waals surface area contributed by atoms with E-state index < -0.39 is 17.6 Å². The lowest BCUT2D eigenvalue weighted by Crippen LogP contribution is -2.31. The van der Waals surface area contributed by atoms with Crippen molar-refractivity contribution in [3.63, 3.8) is 0 Å². The second kappa shape index (κ2) is 7.73. The minimum atomic E-state index is -1.09. The van der Waals surface area contributed by atoms with Crippen LogP contribution in [0.25, 0.3) is 27.8 Å². The number of rotatable bonds is 5. The second-order valence-electron chi connectivity index (χ2n) is 7.57. The number of carboxylic acids is 1. The van der Waals surface area contributed by atoms with Crippen LogP contribution in [0.15, 0.2) is 77.7 Å². The van der Waals surface area contributed by atoms with Crippen molar-refractivity contribution < 1.29 is 9.90 Å². The van der Waals surface area contributed by atoms with Crippen molar-refractivity contribution in [2.75, 3.05) is 0 Å². The van der Waals surface area contributed by atoms with E-state index >= 15 is 0 Å². The summed E-state index contributed by atoms with van der Waals surface area (Å²) in [5.74, 6) is -1.09. The summed E-state index contributed by atoms with van der Waals surface area (Å²) in [5.41, 5.74) is 3.95. The molecule has 1 atom stereocenters. The van der Waals surface area contributed by atoms with E-state index in [0.717, 1.165) is 22.4 Å². The number of aryl methyl sites for hydroxylation is 1. The van der Waals surface area contributed by atoms with E-state index in [1.807, 2.05) is 67.6 Å². The van der Waals surface area contributed by atoms with Crippen molar-refractivity contribution in [1.82, 2.24) is 24.4 Å². The molecule has 32 heavy (non-hydrogen) atoms. The largest absolute Gasteiger partial charge is 0.480 e. The molecule has 0 aliphatic carbocycles. The van der Waals surface area contributed by atoms with Crippen LogP contribution in [0, 0.1) is 6.92 Å². The molecular formula is C24H19N5O3. The van der Waals surface area contributed by atoms with E-state index in [-0.39, 0.29) is 11.9 Å². The predicted octanol–water partition coefficient (Wildman–Crippen LogP) is 3.28. The molecule has 158 valence electrons. The fraction of sp³-hybridized carbons (Fsp3) is 0.125.